The van der Waals surface area contributed by atoms with Crippen LogP contribution in [0.15, 0.2) is 66.7 Å². The van der Waals surface area contributed by atoms with Crippen molar-refractivity contribution < 1.29 is 14.3 Å². The highest BCUT2D eigenvalue weighted by Crippen LogP contribution is 2.23. The third-order valence-electron chi connectivity index (χ3n) is 4.02. The maximum absolute atomic E-state index is 12.4. The molecule has 0 spiro atoms. The zero-order chi connectivity index (χ0) is 18.5. The quantitative estimate of drug-likeness (QED) is 0.670. The number of fused-ring (bicyclic) bond motifs is 1. The van der Waals surface area contributed by atoms with Gasteiger partial charge in [0.1, 0.15) is 0 Å². The van der Waals surface area contributed by atoms with Gasteiger partial charge in [0, 0.05) is 16.1 Å². The highest BCUT2D eigenvalue weighted by atomic mass is 35.5. The van der Waals surface area contributed by atoms with E-state index in [9.17, 15) is 9.59 Å². The topological polar surface area (TPSA) is 55.4 Å². The van der Waals surface area contributed by atoms with Gasteiger partial charge < -0.3 is 10.1 Å². The lowest BCUT2D eigenvalue weighted by atomic mass is 10.1. The number of carbonyl (C=O) groups excluding carboxylic acids is 2. The number of rotatable bonds is 5. The van der Waals surface area contributed by atoms with Crippen LogP contribution >= 0.6 is 11.6 Å². The number of hydrogen-bond acceptors (Lipinski definition) is 3. The number of halogens is 1. The Bertz CT molecular complexity index is 949. The lowest BCUT2D eigenvalue weighted by molar-refractivity contribution is -0.152. The first-order chi connectivity index (χ1) is 12.5. The first-order valence-electron chi connectivity index (χ1n) is 8.26. The van der Waals surface area contributed by atoms with E-state index in [4.69, 9.17) is 16.3 Å². The maximum atomic E-state index is 12.4. The molecule has 4 nitrogen and oxygen atoms in total. The monoisotopic (exact) mass is 367 g/mol. The summed E-state index contributed by atoms with van der Waals surface area (Å²) < 4.78 is 5.25. The summed E-state index contributed by atoms with van der Waals surface area (Å²) in [5.74, 6) is -0.882. The Morgan fingerprint density at radius 1 is 1.00 bits per heavy atom. The molecule has 1 atom stereocenters. The van der Waals surface area contributed by atoms with E-state index >= 15 is 0 Å². The molecule has 0 aliphatic heterocycles. The van der Waals surface area contributed by atoms with E-state index in [1.54, 1.807) is 31.2 Å². The van der Waals surface area contributed by atoms with Crippen LogP contribution in [0.1, 0.15) is 12.5 Å². The molecule has 0 aromatic heterocycles. The van der Waals surface area contributed by atoms with E-state index in [0.717, 1.165) is 10.8 Å². The van der Waals surface area contributed by atoms with E-state index in [2.05, 4.69) is 5.32 Å². The Morgan fingerprint density at radius 2 is 1.69 bits per heavy atom. The highest BCUT2D eigenvalue weighted by molar-refractivity contribution is 6.31. The predicted molar refractivity (Wildman–Crippen MR) is 103 cm³/mol. The largest absolute Gasteiger partial charge is 0.452 e. The molecule has 3 aromatic carbocycles. The van der Waals surface area contributed by atoms with Crippen LogP contribution in [0.3, 0.4) is 0 Å². The van der Waals surface area contributed by atoms with Gasteiger partial charge in [0.2, 0.25) is 0 Å². The number of anilines is 1. The summed E-state index contributed by atoms with van der Waals surface area (Å²) in [6, 6.07) is 20.4. The third-order valence-corrected chi connectivity index (χ3v) is 4.39. The molecule has 3 rings (SSSR count). The summed E-state index contributed by atoms with van der Waals surface area (Å²) in [5, 5.41) is 5.27. The predicted octanol–water partition coefficient (Wildman–Crippen LogP) is 4.61. The minimum Gasteiger partial charge on any atom is -0.452 e. The maximum Gasteiger partial charge on any atom is 0.311 e. The normalized spacial score (nSPS) is 11.8. The van der Waals surface area contributed by atoms with Crippen molar-refractivity contribution in [1.82, 2.24) is 0 Å². The van der Waals surface area contributed by atoms with Gasteiger partial charge in [-0.3, -0.25) is 9.59 Å². The summed E-state index contributed by atoms with van der Waals surface area (Å²) in [7, 11) is 0. The highest BCUT2D eigenvalue weighted by Gasteiger charge is 2.19. The Morgan fingerprint density at radius 3 is 2.50 bits per heavy atom. The molecule has 5 heteroatoms. The molecule has 26 heavy (non-hydrogen) atoms. The van der Waals surface area contributed by atoms with Gasteiger partial charge in [-0.05, 0) is 30.0 Å². The Kier molecular flexibility index (Phi) is 5.54. The minimum absolute atomic E-state index is 0.0194. The fourth-order valence-electron chi connectivity index (χ4n) is 2.66. The van der Waals surface area contributed by atoms with Crippen molar-refractivity contribution in [3.05, 3.63) is 77.3 Å². The molecule has 0 saturated heterocycles. The van der Waals surface area contributed by atoms with E-state index in [1.165, 1.54) is 0 Å². The van der Waals surface area contributed by atoms with Crippen molar-refractivity contribution >= 4 is 39.9 Å². The van der Waals surface area contributed by atoms with Gasteiger partial charge in [-0.15, -0.1) is 0 Å². The number of esters is 1. The number of benzene rings is 3. The molecule has 3 aromatic rings. The molecule has 0 fully saturated rings. The van der Waals surface area contributed by atoms with Crippen molar-refractivity contribution in [3.8, 4) is 0 Å². The number of carbonyl (C=O) groups is 2. The molecular weight excluding hydrogens is 350 g/mol. The first-order valence-corrected chi connectivity index (χ1v) is 8.64. The Labute approximate surface area is 156 Å². The van der Waals surface area contributed by atoms with Crippen molar-refractivity contribution in [3.63, 3.8) is 0 Å². The van der Waals surface area contributed by atoms with Gasteiger partial charge >= 0.3 is 5.97 Å². The van der Waals surface area contributed by atoms with E-state index in [0.29, 0.717) is 16.3 Å². The smallest absolute Gasteiger partial charge is 0.311 e. The van der Waals surface area contributed by atoms with Crippen LogP contribution in [0.2, 0.25) is 5.02 Å². The zero-order valence-electron chi connectivity index (χ0n) is 14.2. The number of hydrogen-bond donors (Lipinski definition) is 1. The van der Waals surface area contributed by atoms with Gasteiger partial charge in [0.25, 0.3) is 5.91 Å². The second-order valence-corrected chi connectivity index (χ2v) is 6.32. The SMILES string of the molecule is CC(OC(=O)Cc1ccccc1Cl)C(=O)Nc1cccc2ccccc12. The lowest BCUT2D eigenvalue weighted by Gasteiger charge is -2.15. The summed E-state index contributed by atoms with van der Waals surface area (Å²) in [6.07, 6.45) is -0.894. The molecule has 1 N–H and O–H groups in total. The van der Waals surface area contributed by atoms with Crippen molar-refractivity contribution in [1.29, 1.82) is 0 Å². The molecular formula is C21H18ClNO3. The van der Waals surface area contributed by atoms with E-state index in [1.807, 2.05) is 42.5 Å². The second kappa shape index (κ2) is 8.02. The van der Waals surface area contributed by atoms with Gasteiger partial charge in [-0.25, -0.2) is 0 Å². The average Bonchev–Trinajstić information content (AvgIpc) is 2.64. The summed E-state index contributed by atoms with van der Waals surface area (Å²) in [4.78, 5) is 24.5. The van der Waals surface area contributed by atoms with E-state index in [-0.39, 0.29) is 12.3 Å². The van der Waals surface area contributed by atoms with Crippen molar-refractivity contribution in [2.45, 2.75) is 19.4 Å². The van der Waals surface area contributed by atoms with Gasteiger partial charge in [0.05, 0.1) is 6.42 Å². The Hall–Kier alpha value is -2.85. The molecule has 0 aliphatic rings. The fourth-order valence-corrected chi connectivity index (χ4v) is 2.86. The van der Waals surface area contributed by atoms with Crippen LogP contribution in [0.4, 0.5) is 5.69 Å². The molecule has 1 unspecified atom stereocenters. The Balaban J connectivity index is 1.64. The molecule has 0 heterocycles. The first kappa shape index (κ1) is 18.0. The standard InChI is InChI=1S/C21H18ClNO3/c1-14(26-20(24)13-16-8-3-5-11-18(16)22)21(25)23-19-12-6-9-15-7-2-4-10-17(15)19/h2-12,14H,13H2,1H3,(H,23,25). The summed E-state index contributed by atoms with van der Waals surface area (Å²) in [5.41, 5.74) is 1.35. The third kappa shape index (κ3) is 4.21. The number of nitrogens with one attached hydrogen (secondary N) is 1. The number of amides is 1. The molecule has 0 bridgehead atoms. The van der Waals surface area contributed by atoms with Crippen LogP contribution in [0.25, 0.3) is 10.8 Å². The van der Waals surface area contributed by atoms with Crippen molar-refractivity contribution in [2.24, 2.45) is 0 Å². The summed E-state index contributed by atoms with van der Waals surface area (Å²) >= 11 is 6.04. The van der Waals surface area contributed by atoms with Crippen LogP contribution in [-0.2, 0) is 20.7 Å². The summed E-state index contributed by atoms with van der Waals surface area (Å²) in [6.45, 7) is 1.55. The van der Waals surface area contributed by atoms with Crippen LogP contribution < -0.4 is 5.32 Å². The average molecular weight is 368 g/mol. The number of ether oxygens (including phenoxy) is 1. The van der Waals surface area contributed by atoms with E-state index < -0.39 is 12.1 Å². The van der Waals surface area contributed by atoms with Gasteiger partial charge in [-0.1, -0.05) is 66.2 Å². The lowest BCUT2D eigenvalue weighted by Crippen LogP contribution is -2.30. The van der Waals surface area contributed by atoms with Crippen LogP contribution in [0.5, 0.6) is 0 Å². The molecule has 0 saturated carbocycles. The molecule has 0 aliphatic carbocycles. The van der Waals surface area contributed by atoms with Gasteiger partial charge in [-0.2, -0.15) is 0 Å². The molecule has 0 radical (unpaired) electrons. The minimum atomic E-state index is -0.913. The van der Waals surface area contributed by atoms with Gasteiger partial charge in [0.15, 0.2) is 6.10 Å². The zero-order valence-corrected chi connectivity index (χ0v) is 15.0. The van der Waals surface area contributed by atoms with Crippen LogP contribution in [0, 0.1) is 0 Å². The van der Waals surface area contributed by atoms with Crippen molar-refractivity contribution in [2.75, 3.05) is 5.32 Å². The van der Waals surface area contributed by atoms with Crippen LogP contribution in [-0.4, -0.2) is 18.0 Å². The fraction of sp³-hybridized carbons (Fsp3) is 0.143. The molecule has 1 amide bonds. The second-order valence-electron chi connectivity index (χ2n) is 5.92. The molecule has 132 valence electrons.